The quantitative estimate of drug-likeness (QED) is 0.393. The number of carbonyl (C=O) groups excluding carboxylic acids is 3. The van der Waals surface area contributed by atoms with Crippen molar-refractivity contribution in [1.82, 2.24) is 19.9 Å². The molecule has 2 amide bonds. The Balaban J connectivity index is 1.40. The van der Waals surface area contributed by atoms with Crippen LogP contribution in [0.2, 0.25) is 0 Å². The number of nitrogens with zero attached hydrogens (tertiary/aromatic N) is 2. The van der Waals surface area contributed by atoms with Gasteiger partial charge in [0, 0.05) is 24.2 Å². The number of hydrogen-bond acceptors (Lipinski definition) is 9. The number of pyridine rings is 1. The van der Waals surface area contributed by atoms with Crippen molar-refractivity contribution >= 4 is 38.8 Å². The molecule has 2 atom stereocenters. The monoisotopic (exact) mass is 572 g/mol. The van der Waals surface area contributed by atoms with Crippen molar-refractivity contribution in [3.8, 4) is 11.7 Å². The van der Waals surface area contributed by atoms with Crippen LogP contribution in [0.25, 0.3) is 11.0 Å². The fraction of sp³-hybridized carbons (Fsp3) is 0.407. The number of fused-ring (bicyclic) bond motifs is 1. The number of sulfonamides is 1. The van der Waals surface area contributed by atoms with Crippen LogP contribution in [0.5, 0.6) is 11.7 Å². The van der Waals surface area contributed by atoms with Gasteiger partial charge in [-0.25, -0.2) is 18.2 Å². The van der Waals surface area contributed by atoms with Gasteiger partial charge in [-0.05, 0) is 55.5 Å². The molecule has 0 saturated carbocycles. The molecule has 2 aromatic heterocycles. The second kappa shape index (κ2) is 12.5. The number of Topliss-reactive ketones (excluding diaryl/α,β-unsaturated/α-hetero) is 1. The minimum absolute atomic E-state index is 0.0264. The highest BCUT2D eigenvalue weighted by atomic mass is 32.2. The lowest BCUT2D eigenvalue weighted by Gasteiger charge is -2.23. The summed E-state index contributed by atoms with van der Waals surface area (Å²) < 4.78 is 43.0. The largest absolute Gasteiger partial charge is 0.497 e. The third-order valence-corrected chi connectivity index (χ3v) is 8.15. The van der Waals surface area contributed by atoms with E-state index in [4.69, 9.17) is 13.9 Å². The number of aromatic nitrogens is 1. The summed E-state index contributed by atoms with van der Waals surface area (Å²) in [5.74, 6) is -0.437. The summed E-state index contributed by atoms with van der Waals surface area (Å²) in [5.41, 5.74) is 0.492. The zero-order chi connectivity index (χ0) is 28.9. The van der Waals surface area contributed by atoms with Crippen molar-refractivity contribution in [2.24, 2.45) is 5.92 Å². The van der Waals surface area contributed by atoms with Gasteiger partial charge in [-0.2, -0.15) is 4.31 Å². The molecule has 0 bridgehead atoms. The SMILES string of the molecule is COc1ccc2oc(OC(=O)NC(CC(C)C)C(=O)N[C@H]3CCCN(S(=O)(=O)c4ccccn4)CC3=O)cc2c1. The second-order valence-electron chi connectivity index (χ2n) is 9.86. The van der Waals surface area contributed by atoms with Crippen LogP contribution in [-0.4, -0.2) is 67.8 Å². The number of ketones is 1. The Kier molecular flexibility index (Phi) is 9.05. The first kappa shape index (κ1) is 29.0. The fourth-order valence-corrected chi connectivity index (χ4v) is 5.77. The number of carbonyl (C=O) groups is 3. The first-order valence-corrected chi connectivity index (χ1v) is 14.3. The molecular weight excluding hydrogens is 540 g/mol. The van der Waals surface area contributed by atoms with Crippen LogP contribution in [0, 0.1) is 5.92 Å². The third kappa shape index (κ3) is 6.96. The van der Waals surface area contributed by atoms with Gasteiger partial charge in [0.15, 0.2) is 10.8 Å². The number of nitrogens with one attached hydrogen (secondary N) is 2. The van der Waals surface area contributed by atoms with Gasteiger partial charge in [0.25, 0.3) is 16.0 Å². The van der Waals surface area contributed by atoms with Crippen LogP contribution in [-0.2, 0) is 19.6 Å². The number of rotatable bonds is 9. The number of amides is 2. The maximum Gasteiger partial charge on any atom is 0.415 e. The van der Waals surface area contributed by atoms with Crippen LogP contribution < -0.4 is 20.1 Å². The maximum atomic E-state index is 13.2. The van der Waals surface area contributed by atoms with Gasteiger partial charge >= 0.3 is 6.09 Å². The van der Waals surface area contributed by atoms with E-state index >= 15 is 0 Å². The standard InChI is InChI=1S/C27H32N4O8S/c1-17(2)13-21(30-27(34)39-25-15-18-14-19(37-3)9-10-23(18)38-25)26(33)29-20-7-6-12-31(16-22(20)32)40(35,36)24-8-4-5-11-28-24/h4-5,8-11,14-15,17,20-21H,6-7,12-13,16H2,1-3H3,(H,29,33)(H,30,34)/t20-,21?/m0/s1. The van der Waals surface area contributed by atoms with Crippen LogP contribution in [0.4, 0.5) is 4.79 Å². The van der Waals surface area contributed by atoms with Crippen molar-refractivity contribution in [2.45, 2.75) is 50.2 Å². The summed E-state index contributed by atoms with van der Waals surface area (Å²) in [6, 6.07) is 9.27. The second-order valence-corrected chi connectivity index (χ2v) is 11.7. The Bertz CT molecular complexity index is 1470. The first-order chi connectivity index (χ1) is 19.1. The topological polar surface area (TPSA) is 157 Å². The molecular formula is C27H32N4O8S. The molecule has 1 fully saturated rings. The van der Waals surface area contributed by atoms with Crippen LogP contribution in [0.3, 0.4) is 0 Å². The van der Waals surface area contributed by atoms with Gasteiger partial charge < -0.3 is 24.5 Å². The van der Waals surface area contributed by atoms with Crippen LogP contribution >= 0.6 is 0 Å². The number of benzene rings is 1. The lowest BCUT2D eigenvalue weighted by atomic mass is 10.0. The molecule has 1 unspecified atom stereocenters. The molecule has 214 valence electrons. The van der Waals surface area contributed by atoms with Gasteiger partial charge in [-0.3, -0.25) is 9.59 Å². The Morgan fingerprint density at radius 3 is 2.70 bits per heavy atom. The van der Waals surface area contributed by atoms with E-state index in [1.54, 1.807) is 30.3 Å². The first-order valence-electron chi connectivity index (χ1n) is 12.9. The van der Waals surface area contributed by atoms with E-state index in [1.807, 2.05) is 13.8 Å². The summed E-state index contributed by atoms with van der Waals surface area (Å²) in [5, 5.41) is 5.78. The van der Waals surface area contributed by atoms with Crippen LogP contribution in [0.15, 0.2) is 58.1 Å². The van der Waals surface area contributed by atoms with E-state index in [-0.39, 0.29) is 36.3 Å². The minimum atomic E-state index is -3.96. The Hall–Kier alpha value is -3.97. The van der Waals surface area contributed by atoms with Gasteiger partial charge in [0.05, 0.1) is 19.7 Å². The average molecular weight is 573 g/mol. The molecule has 3 heterocycles. The Morgan fingerprint density at radius 1 is 1.20 bits per heavy atom. The van der Waals surface area contributed by atoms with Crippen molar-refractivity contribution in [3.05, 3.63) is 48.7 Å². The summed E-state index contributed by atoms with van der Waals surface area (Å²) in [4.78, 5) is 42.8. The van der Waals surface area contributed by atoms with E-state index in [9.17, 15) is 22.8 Å². The minimum Gasteiger partial charge on any atom is -0.497 e. The molecule has 13 heteroatoms. The predicted octanol–water partition coefficient (Wildman–Crippen LogP) is 2.88. The lowest BCUT2D eigenvalue weighted by Crippen LogP contribution is -2.53. The van der Waals surface area contributed by atoms with E-state index in [1.165, 1.54) is 25.4 Å². The molecule has 1 aromatic carbocycles. The third-order valence-electron chi connectivity index (χ3n) is 6.39. The molecule has 3 aromatic rings. The highest BCUT2D eigenvalue weighted by molar-refractivity contribution is 7.89. The molecule has 4 rings (SSSR count). The summed E-state index contributed by atoms with van der Waals surface area (Å²) in [6.07, 6.45) is 1.35. The van der Waals surface area contributed by atoms with Gasteiger partial charge in [-0.15, -0.1) is 0 Å². The average Bonchev–Trinajstić information content (AvgIpc) is 3.22. The molecule has 0 aliphatic carbocycles. The lowest BCUT2D eigenvalue weighted by molar-refractivity contribution is -0.129. The smallest absolute Gasteiger partial charge is 0.415 e. The molecule has 0 radical (unpaired) electrons. The van der Waals surface area contributed by atoms with Crippen molar-refractivity contribution in [2.75, 3.05) is 20.2 Å². The van der Waals surface area contributed by atoms with Crippen molar-refractivity contribution in [1.29, 1.82) is 0 Å². The number of methoxy groups -OCH3 is 1. The van der Waals surface area contributed by atoms with Crippen LogP contribution in [0.1, 0.15) is 33.1 Å². The molecule has 12 nitrogen and oxygen atoms in total. The highest BCUT2D eigenvalue weighted by Crippen LogP contribution is 2.28. The summed E-state index contributed by atoms with van der Waals surface area (Å²) in [7, 11) is -2.43. The highest BCUT2D eigenvalue weighted by Gasteiger charge is 2.35. The number of hydrogen-bond donors (Lipinski definition) is 2. The predicted molar refractivity (Wildman–Crippen MR) is 144 cm³/mol. The molecule has 1 aliphatic rings. The zero-order valence-electron chi connectivity index (χ0n) is 22.5. The summed E-state index contributed by atoms with van der Waals surface area (Å²) >= 11 is 0. The van der Waals surface area contributed by atoms with Gasteiger partial charge in [-0.1, -0.05) is 19.9 Å². The Morgan fingerprint density at radius 2 is 2.00 bits per heavy atom. The molecule has 40 heavy (non-hydrogen) atoms. The molecule has 1 saturated heterocycles. The van der Waals surface area contributed by atoms with E-state index in [0.29, 0.717) is 23.1 Å². The van der Waals surface area contributed by atoms with Gasteiger partial charge in [0.2, 0.25) is 5.91 Å². The Labute approximate surface area is 232 Å². The van der Waals surface area contributed by atoms with E-state index in [0.717, 1.165) is 4.31 Å². The van der Waals surface area contributed by atoms with Crippen molar-refractivity contribution in [3.63, 3.8) is 0 Å². The van der Waals surface area contributed by atoms with E-state index in [2.05, 4.69) is 15.6 Å². The normalized spacial score (nSPS) is 17.3. The fourth-order valence-electron chi connectivity index (χ4n) is 4.40. The number of furan rings is 1. The number of ether oxygens (including phenoxy) is 2. The molecule has 1 aliphatic heterocycles. The molecule has 2 N–H and O–H groups in total. The zero-order valence-corrected chi connectivity index (χ0v) is 23.3. The maximum absolute atomic E-state index is 13.2. The van der Waals surface area contributed by atoms with Gasteiger partial charge in [0.1, 0.15) is 17.4 Å². The molecule has 0 spiro atoms. The van der Waals surface area contributed by atoms with Crippen molar-refractivity contribution < 1.29 is 36.7 Å². The van der Waals surface area contributed by atoms with E-state index < -0.39 is 46.4 Å². The summed E-state index contributed by atoms with van der Waals surface area (Å²) in [6.45, 7) is 3.49.